The fourth-order valence-corrected chi connectivity index (χ4v) is 2.38. The van der Waals surface area contributed by atoms with E-state index in [1.54, 1.807) is 0 Å². The average Bonchev–Trinajstić information content (AvgIpc) is 1.72. The molecule has 0 bridgehead atoms. The fraction of sp³-hybridized carbons (Fsp3) is 1.00. The van der Waals surface area contributed by atoms with Crippen LogP contribution in [0.1, 0.15) is 12.8 Å². The molecule has 0 N–H and O–H groups in total. The molecule has 8 heavy (non-hydrogen) atoms. The molecule has 2 saturated heterocycles. The van der Waals surface area contributed by atoms with Crippen molar-refractivity contribution < 1.29 is 4.74 Å². The summed E-state index contributed by atoms with van der Waals surface area (Å²) < 4.78 is 5.46. The molecule has 0 radical (unpaired) electrons. The molecule has 2 atom stereocenters. The molecule has 0 saturated carbocycles. The number of thioether (sulfide) groups is 1. The van der Waals surface area contributed by atoms with Crippen LogP contribution in [-0.2, 0) is 4.74 Å². The molecule has 0 aromatic rings. The lowest BCUT2D eigenvalue weighted by atomic mass is 10.1. The van der Waals surface area contributed by atoms with Crippen LogP contribution >= 0.6 is 11.8 Å². The second-order valence-corrected chi connectivity index (χ2v) is 3.70. The van der Waals surface area contributed by atoms with E-state index in [-0.39, 0.29) is 0 Å². The van der Waals surface area contributed by atoms with Gasteiger partial charge in [-0.3, -0.25) is 0 Å². The third-order valence-corrected chi connectivity index (χ3v) is 3.34. The van der Waals surface area contributed by atoms with Gasteiger partial charge in [0.15, 0.2) is 0 Å². The zero-order valence-electron chi connectivity index (χ0n) is 4.80. The summed E-state index contributed by atoms with van der Waals surface area (Å²) in [5, 5.41) is 0.878. The van der Waals surface area contributed by atoms with Crippen molar-refractivity contribution in [3.8, 4) is 0 Å². The number of ether oxygens (including phenoxy) is 1. The highest BCUT2D eigenvalue weighted by Crippen LogP contribution is 2.36. The van der Waals surface area contributed by atoms with Gasteiger partial charge in [-0.1, -0.05) is 0 Å². The quantitative estimate of drug-likeness (QED) is 0.488. The van der Waals surface area contributed by atoms with Crippen LogP contribution in [0.3, 0.4) is 0 Å². The third kappa shape index (κ3) is 0.669. The Morgan fingerprint density at radius 1 is 1.50 bits per heavy atom. The van der Waals surface area contributed by atoms with E-state index < -0.39 is 0 Å². The van der Waals surface area contributed by atoms with Crippen LogP contribution in [-0.4, -0.2) is 23.7 Å². The van der Waals surface area contributed by atoms with Crippen LogP contribution in [0.2, 0.25) is 0 Å². The fourth-order valence-electron chi connectivity index (χ4n) is 1.25. The SMILES string of the molecule is C1COC2CSC2C1. The van der Waals surface area contributed by atoms with E-state index in [4.69, 9.17) is 4.74 Å². The maximum atomic E-state index is 5.46. The molecule has 1 nitrogen and oxygen atoms in total. The van der Waals surface area contributed by atoms with Gasteiger partial charge >= 0.3 is 0 Å². The molecule has 2 heteroatoms. The molecule has 2 fully saturated rings. The summed E-state index contributed by atoms with van der Waals surface area (Å²) in [4.78, 5) is 0. The summed E-state index contributed by atoms with van der Waals surface area (Å²) in [6.07, 6.45) is 3.33. The van der Waals surface area contributed by atoms with E-state index in [2.05, 4.69) is 11.8 Å². The Hall–Kier alpha value is 0.310. The maximum Gasteiger partial charge on any atom is 0.0783 e. The molecular formula is C6H10OS. The van der Waals surface area contributed by atoms with Crippen molar-refractivity contribution in [1.82, 2.24) is 0 Å². The van der Waals surface area contributed by atoms with E-state index in [0.717, 1.165) is 11.9 Å². The summed E-state index contributed by atoms with van der Waals surface area (Å²) >= 11 is 2.06. The van der Waals surface area contributed by atoms with E-state index >= 15 is 0 Å². The van der Waals surface area contributed by atoms with Crippen molar-refractivity contribution in [3.63, 3.8) is 0 Å². The Morgan fingerprint density at radius 2 is 2.50 bits per heavy atom. The lowest BCUT2D eigenvalue weighted by molar-refractivity contribution is 0.0265. The summed E-state index contributed by atoms with van der Waals surface area (Å²) in [5.41, 5.74) is 0. The molecule has 0 aromatic heterocycles. The van der Waals surface area contributed by atoms with Crippen molar-refractivity contribution in [1.29, 1.82) is 0 Å². The molecule has 2 unspecified atom stereocenters. The first kappa shape index (κ1) is 5.12. The Kier molecular flexibility index (Phi) is 1.23. The number of hydrogen-bond acceptors (Lipinski definition) is 2. The minimum Gasteiger partial charge on any atom is -0.376 e. The monoisotopic (exact) mass is 130 g/mol. The first-order valence-electron chi connectivity index (χ1n) is 3.20. The van der Waals surface area contributed by atoms with Gasteiger partial charge in [-0.2, -0.15) is 11.8 Å². The van der Waals surface area contributed by atoms with Crippen LogP contribution in [0.15, 0.2) is 0 Å². The van der Waals surface area contributed by atoms with Crippen molar-refractivity contribution >= 4 is 11.8 Å². The highest BCUT2D eigenvalue weighted by atomic mass is 32.2. The maximum absolute atomic E-state index is 5.46. The predicted molar refractivity (Wildman–Crippen MR) is 35.2 cm³/mol. The average molecular weight is 130 g/mol. The predicted octanol–water partition coefficient (Wildman–Crippen LogP) is 1.28. The summed E-state index contributed by atoms with van der Waals surface area (Å²) in [6, 6.07) is 0. The number of hydrogen-bond donors (Lipinski definition) is 0. The number of rotatable bonds is 0. The molecule has 2 heterocycles. The van der Waals surface area contributed by atoms with Gasteiger partial charge in [0.1, 0.15) is 0 Å². The summed E-state index contributed by atoms with van der Waals surface area (Å²) in [7, 11) is 0. The van der Waals surface area contributed by atoms with Crippen LogP contribution < -0.4 is 0 Å². The van der Waals surface area contributed by atoms with Crippen LogP contribution in [0, 0.1) is 0 Å². The first-order chi connectivity index (χ1) is 3.97. The topological polar surface area (TPSA) is 9.23 Å². The van der Waals surface area contributed by atoms with Crippen molar-refractivity contribution in [2.45, 2.75) is 24.2 Å². The first-order valence-corrected chi connectivity index (χ1v) is 4.25. The molecule has 0 aromatic carbocycles. The third-order valence-electron chi connectivity index (χ3n) is 1.85. The van der Waals surface area contributed by atoms with Gasteiger partial charge in [0, 0.05) is 17.6 Å². The van der Waals surface area contributed by atoms with Gasteiger partial charge in [-0.05, 0) is 12.8 Å². The molecule has 0 aliphatic carbocycles. The molecule has 0 amide bonds. The second kappa shape index (κ2) is 1.92. The summed E-state index contributed by atoms with van der Waals surface area (Å²) in [5.74, 6) is 1.25. The van der Waals surface area contributed by atoms with E-state index in [1.807, 2.05) is 0 Å². The van der Waals surface area contributed by atoms with Crippen LogP contribution in [0.4, 0.5) is 0 Å². The van der Waals surface area contributed by atoms with Gasteiger partial charge in [-0.25, -0.2) is 0 Å². The molecular weight excluding hydrogens is 120 g/mol. The van der Waals surface area contributed by atoms with E-state index in [1.165, 1.54) is 18.6 Å². The highest BCUT2D eigenvalue weighted by Gasteiger charge is 2.34. The lowest BCUT2D eigenvalue weighted by Gasteiger charge is -2.39. The van der Waals surface area contributed by atoms with Gasteiger partial charge in [0.05, 0.1) is 6.10 Å². The molecule has 2 rings (SSSR count). The number of fused-ring (bicyclic) bond motifs is 1. The molecule has 2 aliphatic heterocycles. The van der Waals surface area contributed by atoms with Gasteiger partial charge in [0.2, 0.25) is 0 Å². The Morgan fingerprint density at radius 3 is 2.88 bits per heavy atom. The van der Waals surface area contributed by atoms with Crippen molar-refractivity contribution in [3.05, 3.63) is 0 Å². The van der Waals surface area contributed by atoms with Gasteiger partial charge in [-0.15, -0.1) is 0 Å². The van der Waals surface area contributed by atoms with E-state index in [9.17, 15) is 0 Å². The summed E-state index contributed by atoms with van der Waals surface area (Å²) in [6.45, 7) is 1.02. The van der Waals surface area contributed by atoms with Crippen molar-refractivity contribution in [2.24, 2.45) is 0 Å². The zero-order valence-corrected chi connectivity index (χ0v) is 5.62. The Balaban J connectivity index is 1.92. The van der Waals surface area contributed by atoms with Crippen molar-refractivity contribution in [2.75, 3.05) is 12.4 Å². The zero-order chi connectivity index (χ0) is 5.40. The van der Waals surface area contributed by atoms with Crippen LogP contribution in [0.5, 0.6) is 0 Å². The minimum atomic E-state index is 0.647. The van der Waals surface area contributed by atoms with E-state index in [0.29, 0.717) is 6.10 Å². The molecule has 2 aliphatic rings. The lowest BCUT2D eigenvalue weighted by Crippen LogP contribution is -2.42. The smallest absolute Gasteiger partial charge is 0.0783 e. The molecule has 46 valence electrons. The van der Waals surface area contributed by atoms with Gasteiger partial charge in [0.25, 0.3) is 0 Å². The minimum absolute atomic E-state index is 0.647. The standard InChI is InChI=1S/C6H10OS/c1-2-6-5(4-8-6)7-3-1/h5-6H,1-4H2. The second-order valence-electron chi connectivity index (χ2n) is 2.42. The van der Waals surface area contributed by atoms with Gasteiger partial charge < -0.3 is 4.74 Å². The van der Waals surface area contributed by atoms with Crippen LogP contribution in [0.25, 0.3) is 0 Å². The Labute approximate surface area is 53.8 Å². The largest absolute Gasteiger partial charge is 0.376 e. The molecule has 0 spiro atoms. The normalized spacial score (nSPS) is 45.0. The highest BCUT2D eigenvalue weighted by molar-refractivity contribution is 8.01. The Bertz CT molecular complexity index is 82.5.